The van der Waals surface area contributed by atoms with E-state index in [9.17, 15) is 9.90 Å². The van der Waals surface area contributed by atoms with E-state index >= 15 is 0 Å². The molecule has 0 unspecified atom stereocenters. The van der Waals surface area contributed by atoms with Crippen LogP contribution in [-0.4, -0.2) is 23.2 Å². The number of amides is 1. The molecule has 0 bridgehead atoms. The predicted octanol–water partition coefficient (Wildman–Crippen LogP) is 1.71. The van der Waals surface area contributed by atoms with Gasteiger partial charge in [-0.2, -0.15) is 0 Å². The van der Waals surface area contributed by atoms with Gasteiger partial charge in [0.15, 0.2) is 0 Å². The van der Waals surface area contributed by atoms with Gasteiger partial charge in [-0.1, -0.05) is 38.0 Å². The number of hydrogen-bond donors (Lipinski definition) is 2. The molecule has 0 heterocycles. The Bertz CT molecular complexity index is 439. The van der Waals surface area contributed by atoms with Crippen molar-refractivity contribution in [3.05, 3.63) is 35.9 Å². The number of nitrogens with one attached hydrogen (secondary N) is 1. The van der Waals surface area contributed by atoms with Crippen molar-refractivity contribution in [3.63, 3.8) is 0 Å². The summed E-state index contributed by atoms with van der Waals surface area (Å²) in [6.07, 6.45) is 1.21. The molecule has 0 radical (unpaired) electrons. The highest BCUT2D eigenvalue weighted by Gasteiger charge is 2.22. The molecule has 3 heteroatoms. The van der Waals surface area contributed by atoms with E-state index in [0.29, 0.717) is 12.8 Å². The summed E-state index contributed by atoms with van der Waals surface area (Å²) in [5.74, 6) is 4.92. The van der Waals surface area contributed by atoms with Crippen molar-refractivity contribution >= 4 is 5.91 Å². The molecule has 0 fully saturated rings. The summed E-state index contributed by atoms with van der Waals surface area (Å²) in [4.78, 5) is 11.5. The van der Waals surface area contributed by atoms with Gasteiger partial charge in [0.05, 0.1) is 5.60 Å². The van der Waals surface area contributed by atoms with Crippen LogP contribution in [0.4, 0.5) is 0 Å². The Morgan fingerprint density at radius 1 is 1.28 bits per heavy atom. The quantitative estimate of drug-likeness (QED) is 0.793. The van der Waals surface area contributed by atoms with Crippen LogP contribution < -0.4 is 5.32 Å². The van der Waals surface area contributed by atoms with Crippen LogP contribution in [-0.2, 0) is 4.79 Å². The van der Waals surface area contributed by atoms with Gasteiger partial charge in [0.25, 0.3) is 5.91 Å². The minimum atomic E-state index is -0.829. The average molecular weight is 245 g/mol. The fraction of sp³-hybridized carbons (Fsp3) is 0.400. The number of aliphatic hydroxyl groups is 1. The molecule has 1 amide bonds. The third kappa shape index (κ3) is 4.60. The zero-order chi connectivity index (χ0) is 13.4. The molecule has 0 saturated carbocycles. The molecule has 0 aromatic heterocycles. The van der Waals surface area contributed by atoms with E-state index < -0.39 is 5.60 Å². The lowest BCUT2D eigenvalue weighted by molar-refractivity contribution is -0.117. The first-order valence-corrected chi connectivity index (χ1v) is 6.17. The van der Waals surface area contributed by atoms with Crippen molar-refractivity contribution < 1.29 is 9.90 Å². The highest BCUT2D eigenvalue weighted by molar-refractivity contribution is 5.94. The molecule has 3 nitrogen and oxygen atoms in total. The lowest BCUT2D eigenvalue weighted by Gasteiger charge is -2.24. The van der Waals surface area contributed by atoms with Crippen molar-refractivity contribution in [2.75, 3.05) is 6.54 Å². The van der Waals surface area contributed by atoms with Gasteiger partial charge in [-0.25, -0.2) is 0 Å². The summed E-state index contributed by atoms with van der Waals surface area (Å²) >= 11 is 0. The van der Waals surface area contributed by atoms with E-state index in [1.807, 2.05) is 44.2 Å². The molecule has 18 heavy (non-hydrogen) atoms. The highest BCUT2D eigenvalue weighted by Crippen LogP contribution is 2.12. The van der Waals surface area contributed by atoms with Crippen LogP contribution in [0, 0.1) is 11.8 Å². The van der Waals surface area contributed by atoms with Gasteiger partial charge < -0.3 is 10.4 Å². The first kappa shape index (κ1) is 14.3. The summed E-state index contributed by atoms with van der Waals surface area (Å²) < 4.78 is 0. The molecule has 0 aliphatic heterocycles. The Morgan fingerprint density at radius 3 is 2.44 bits per heavy atom. The second kappa shape index (κ2) is 6.83. The van der Waals surface area contributed by atoms with Crippen LogP contribution >= 0.6 is 0 Å². The van der Waals surface area contributed by atoms with Crippen LogP contribution in [0.5, 0.6) is 0 Å². The largest absolute Gasteiger partial charge is 0.388 e. The van der Waals surface area contributed by atoms with E-state index in [4.69, 9.17) is 0 Å². The van der Waals surface area contributed by atoms with Crippen LogP contribution in [0.25, 0.3) is 0 Å². The maximum Gasteiger partial charge on any atom is 0.296 e. The Hall–Kier alpha value is -1.79. The Labute approximate surface area is 108 Å². The summed E-state index contributed by atoms with van der Waals surface area (Å²) in [5.41, 5.74) is -0.0294. The monoisotopic (exact) mass is 245 g/mol. The van der Waals surface area contributed by atoms with Crippen LogP contribution in [0.3, 0.4) is 0 Å². The molecular weight excluding hydrogens is 226 g/mol. The molecule has 96 valence electrons. The van der Waals surface area contributed by atoms with Crippen molar-refractivity contribution in [3.8, 4) is 11.8 Å². The smallest absolute Gasteiger partial charge is 0.296 e. The summed E-state index contributed by atoms with van der Waals surface area (Å²) in [7, 11) is 0. The molecule has 0 atom stereocenters. The number of hydrogen-bond acceptors (Lipinski definition) is 2. The number of carbonyl (C=O) groups is 1. The summed E-state index contributed by atoms with van der Waals surface area (Å²) in [6.45, 7) is 4.03. The number of benzene rings is 1. The Morgan fingerprint density at radius 2 is 1.89 bits per heavy atom. The number of rotatable bonds is 4. The van der Waals surface area contributed by atoms with E-state index in [2.05, 4.69) is 17.2 Å². The fourth-order valence-corrected chi connectivity index (χ4v) is 1.44. The number of carbonyl (C=O) groups excluding carboxylic acids is 1. The SMILES string of the molecule is CCC(O)(CC)CNC(=O)C#Cc1ccccc1. The zero-order valence-electron chi connectivity index (χ0n) is 10.9. The Balaban J connectivity index is 2.51. The standard InChI is InChI=1S/C15H19NO2/c1-3-15(18,4-2)12-16-14(17)11-10-13-8-6-5-7-9-13/h5-9,18H,3-4,12H2,1-2H3,(H,16,17). The van der Waals surface area contributed by atoms with Gasteiger partial charge in [-0.3, -0.25) is 4.79 Å². The molecule has 0 aliphatic rings. The van der Waals surface area contributed by atoms with Crippen LogP contribution in [0.2, 0.25) is 0 Å². The second-order valence-electron chi connectivity index (χ2n) is 4.23. The molecule has 0 saturated heterocycles. The van der Waals surface area contributed by atoms with Gasteiger partial charge >= 0.3 is 0 Å². The van der Waals surface area contributed by atoms with E-state index in [1.54, 1.807) is 0 Å². The van der Waals surface area contributed by atoms with Gasteiger partial charge in [-0.15, -0.1) is 0 Å². The minimum Gasteiger partial charge on any atom is -0.388 e. The summed E-state index contributed by atoms with van der Waals surface area (Å²) in [6, 6.07) is 9.32. The molecule has 1 rings (SSSR count). The highest BCUT2D eigenvalue weighted by atomic mass is 16.3. The molecule has 0 spiro atoms. The first-order valence-electron chi connectivity index (χ1n) is 6.17. The predicted molar refractivity (Wildman–Crippen MR) is 71.9 cm³/mol. The third-order valence-corrected chi connectivity index (χ3v) is 2.99. The molecule has 1 aromatic carbocycles. The Kier molecular flexibility index (Phi) is 5.41. The van der Waals surface area contributed by atoms with E-state index in [0.717, 1.165) is 5.56 Å². The minimum absolute atomic E-state index is 0.238. The van der Waals surface area contributed by atoms with Gasteiger partial charge in [-0.05, 0) is 25.0 Å². The normalized spacial score (nSPS) is 10.4. The topological polar surface area (TPSA) is 49.3 Å². The second-order valence-corrected chi connectivity index (χ2v) is 4.23. The van der Waals surface area contributed by atoms with Crippen molar-refractivity contribution in [1.29, 1.82) is 0 Å². The maximum atomic E-state index is 11.5. The molecule has 2 N–H and O–H groups in total. The lowest BCUT2D eigenvalue weighted by atomic mass is 9.98. The average Bonchev–Trinajstić information content (AvgIpc) is 2.43. The first-order chi connectivity index (χ1) is 8.59. The fourth-order valence-electron chi connectivity index (χ4n) is 1.44. The van der Waals surface area contributed by atoms with Crippen molar-refractivity contribution in [2.45, 2.75) is 32.3 Å². The van der Waals surface area contributed by atoms with Gasteiger partial charge in [0.2, 0.25) is 0 Å². The van der Waals surface area contributed by atoms with Crippen LogP contribution in [0.15, 0.2) is 30.3 Å². The summed E-state index contributed by atoms with van der Waals surface area (Å²) in [5, 5.41) is 12.6. The zero-order valence-corrected chi connectivity index (χ0v) is 10.9. The maximum absolute atomic E-state index is 11.5. The van der Waals surface area contributed by atoms with Crippen molar-refractivity contribution in [2.24, 2.45) is 0 Å². The van der Waals surface area contributed by atoms with Crippen LogP contribution in [0.1, 0.15) is 32.3 Å². The lowest BCUT2D eigenvalue weighted by Crippen LogP contribution is -2.41. The van der Waals surface area contributed by atoms with Gasteiger partial charge in [0, 0.05) is 18.0 Å². The third-order valence-electron chi connectivity index (χ3n) is 2.99. The van der Waals surface area contributed by atoms with Crippen molar-refractivity contribution in [1.82, 2.24) is 5.32 Å². The van der Waals surface area contributed by atoms with Gasteiger partial charge in [0.1, 0.15) is 0 Å². The molecular formula is C15H19NO2. The molecule has 1 aromatic rings. The molecule has 0 aliphatic carbocycles. The van der Waals surface area contributed by atoms with E-state index in [-0.39, 0.29) is 12.5 Å². The van der Waals surface area contributed by atoms with E-state index in [1.165, 1.54) is 0 Å².